The van der Waals surface area contributed by atoms with Crippen LogP contribution >= 0.6 is 0 Å². The van der Waals surface area contributed by atoms with Gasteiger partial charge < -0.3 is 15.8 Å². The van der Waals surface area contributed by atoms with Gasteiger partial charge in [0.15, 0.2) is 0 Å². The highest BCUT2D eigenvalue weighted by Crippen LogP contribution is 1.93. The molecule has 0 radical (unpaired) electrons. The third kappa shape index (κ3) is 5.53. The molecule has 0 spiro atoms. The number of esters is 1. The lowest BCUT2D eigenvalue weighted by molar-refractivity contribution is -0.140. The molecule has 0 fully saturated rings. The van der Waals surface area contributed by atoms with E-state index < -0.39 is 0 Å². The molecule has 0 aromatic heterocycles. The van der Waals surface area contributed by atoms with E-state index >= 15 is 0 Å². The average molecular weight is 202 g/mol. The molecule has 14 heavy (non-hydrogen) atoms. The molecule has 0 saturated heterocycles. The number of carbonyl (C=O) groups excluding carboxylic acids is 2. The minimum atomic E-state index is -0.258. The Morgan fingerprint density at radius 2 is 2.14 bits per heavy atom. The predicted octanol–water partition coefficient (Wildman–Crippen LogP) is -0.349. The fourth-order valence-electron chi connectivity index (χ4n) is 0.828. The smallest absolute Gasteiger partial charge is 0.305 e. The zero-order chi connectivity index (χ0) is 11.0. The van der Waals surface area contributed by atoms with E-state index in [0.717, 1.165) is 0 Å². The Hall–Kier alpha value is -1.10. The quantitative estimate of drug-likeness (QED) is 0.455. The maximum atomic E-state index is 11.2. The molecule has 1 unspecified atom stereocenters. The third-order valence-electron chi connectivity index (χ3n) is 1.89. The van der Waals surface area contributed by atoms with Crippen LogP contribution in [-0.2, 0) is 14.3 Å². The molecule has 0 aromatic carbocycles. The maximum Gasteiger partial charge on any atom is 0.305 e. The zero-order valence-corrected chi connectivity index (χ0v) is 8.71. The van der Waals surface area contributed by atoms with Crippen molar-refractivity contribution in [1.29, 1.82) is 0 Å². The minimum absolute atomic E-state index is 0.0719. The summed E-state index contributed by atoms with van der Waals surface area (Å²) in [5.74, 6) is -0.503. The average Bonchev–Trinajstić information content (AvgIpc) is 2.22. The summed E-state index contributed by atoms with van der Waals surface area (Å²) >= 11 is 0. The highest BCUT2D eigenvalue weighted by Gasteiger charge is 2.09. The number of amides is 1. The van der Waals surface area contributed by atoms with Crippen LogP contribution in [0.4, 0.5) is 0 Å². The van der Waals surface area contributed by atoms with Gasteiger partial charge in [0.2, 0.25) is 5.91 Å². The van der Waals surface area contributed by atoms with E-state index in [-0.39, 0.29) is 17.8 Å². The molecular formula is C9H18N2O3. The molecule has 0 aromatic rings. The van der Waals surface area contributed by atoms with Crippen LogP contribution in [0.15, 0.2) is 0 Å². The molecule has 1 amide bonds. The fourth-order valence-corrected chi connectivity index (χ4v) is 0.828. The third-order valence-corrected chi connectivity index (χ3v) is 1.89. The van der Waals surface area contributed by atoms with Crippen molar-refractivity contribution in [2.45, 2.75) is 19.8 Å². The zero-order valence-electron chi connectivity index (χ0n) is 8.71. The van der Waals surface area contributed by atoms with Crippen LogP contribution in [-0.4, -0.2) is 32.1 Å². The Labute approximate surface area is 84.0 Å². The van der Waals surface area contributed by atoms with E-state index in [0.29, 0.717) is 25.9 Å². The monoisotopic (exact) mass is 202 g/mol. The van der Waals surface area contributed by atoms with Gasteiger partial charge in [-0.1, -0.05) is 6.92 Å². The summed E-state index contributed by atoms with van der Waals surface area (Å²) in [6.07, 6.45) is 0.920. The first-order valence-corrected chi connectivity index (χ1v) is 4.66. The first-order chi connectivity index (χ1) is 6.61. The van der Waals surface area contributed by atoms with Crippen molar-refractivity contribution < 1.29 is 14.3 Å². The maximum absolute atomic E-state index is 11.2. The summed E-state index contributed by atoms with van der Waals surface area (Å²) in [6.45, 7) is 2.58. The van der Waals surface area contributed by atoms with Crippen LogP contribution in [0, 0.1) is 5.92 Å². The van der Waals surface area contributed by atoms with Crippen LogP contribution in [0.25, 0.3) is 0 Å². The van der Waals surface area contributed by atoms with Crippen molar-refractivity contribution in [3.05, 3.63) is 0 Å². The first-order valence-electron chi connectivity index (χ1n) is 4.66. The summed E-state index contributed by atoms with van der Waals surface area (Å²) in [6, 6.07) is 0. The summed E-state index contributed by atoms with van der Waals surface area (Å²) in [5, 5.41) is 2.69. The highest BCUT2D eigenvalue weighted by molar-refractivity contribution is 5.78. The molecule has 5 heteroatoms. The SMILES string of the molecule is COC(=O)CCCNC(=O)C(C)CN. The van der Waals surface area contributed by atoms with Gasteiger partial charge in [-0.2, -0.15) is 0 Å². The second-order valence-electron chi connectivity index (χ2n) is 3.11. The molecule has 0 aliphatic heterocycles. The summed E-state index contributed by atoms with van der Waals surface area (Å²) < 4.78 is 4.45. The summed E-state index contributed by atoms with van der Waals surface area (Å²) in [4.78, 5) is 21.9. The van der Waals surface area contributed by atoms with Crippen molar-refractivity contribution in [1.82, 2.24) is 5.32 Å². The number of methoxy groups -OCH3 is 1. The summed E-state index contributed by atoms with van der Waals surface area (Å²) in [7, 11) is 1.34. The second-order valence-corrected chi connectivity index (χ2v) is 3.11. The van der Waals surface area contributed by atoms with Gasteiger partial charge >= 0.3 is 5.97 Å². The van der Waals surface area contributed by atoms with Crippen molar-refractivity contribution in [2.75, 3.05) is 20.2 Å². The highest BCUT2D eigenvalue weighted by atomic mass is 16.5. The molecular weight excluding hydrogens is 184 g/mol. The lowest BCUT2D eigenvalue weighted by Gasteiger charge is -2.08. The van der Waals surface area contributed by atoms with E-state index in [4.69, 9.17) is 5.73 Å². The van der Waals surface area contributed by atoms with E-state index in [9.17, 15) is 9.59 Å². The Morgan fingerprint density at radius 3 is 2.64 bits per heavy atom. The van der Waals surface area contributed by atoms with Gasteiger partial charge in [-0.05, 0) is 6.42 Å². The molecule has 0 rings (SSSR count). The number of hydrogen-bond acceptors (Lipinski definition) is 4. The Bertz CT molecular complexity index is 194. The fraction of sp³-hybridized carbons (Fsp3) is 0.778. The van der Waals surface area contributed by atoms with Crippen molar-refractivity contribution >= 4 is 11.9 Å². The lowest BCUT2D eigenvalue weighted by atomic mass is 10.1. The molecule has 0 heterocycles. The number of nitrogens with one attached hydrogen (secondary N) is 1. The van der Waals surface area contributed by atoms with Gasteiger partial charge in [0.05, 0.1) is 7.11 Å². The van der Waals surface area contributed by atoms with Gasteiger partial charge in [0.1, 0.15) is 0 Å². The summed E-state index contributed by atoms with van der Waals surface area (Å²) in [5.41, 5.74) is 5.31. The predicted molar refractivity (Wildman–Crippen MR) is 52.5 cm³/mol. The van der Waals surface area contributed by atoms with E-state index in [1.54, 1.807) is 6.92 Å². The molecule has 1 atom stereocenters. The van der Waals surface area contributed by atoms with E-state index in [1.807, 2.05) is 0 Å². The van der Waals surface area contributed by atoms with Gasteiger partial charge in [-0.25, -0.2) is 0 Å². The van der Waals surface area contributed by atoms with Gasteiger partial charge in [-0.3, -0.25) is 9.59 Å². The molecule has 0 bridgehead atoms. The molecule has 0 saturated carbocycles. The Balaban J connectivity index is 3.45. The standard InChI is InChI=1S/C9H18N2O3/c1-7(6-10)9(13)11-5-3-4-8(12)14-2/h7H,3-6,10H2,1-2H3,(H,11,13). The van der Waals surface area contributed by atoms with Gasteiger partial charge in [0.25, 0.3) is 0 Å². The van der Waals surface area contributed by atoms with Crippen LogP contribution in [0.1, 0.15) is 19.8 Å². The van der Waals surface area contributed by atoms with Crippen LogP contribution < -0.4 is 11.1 Å². The number of ether oxygens (including phenoxy) is 1. The Morgan fingerprint density at radius 1 is 1.50 bits per heavy atom. The number of hydrogen-bond donors (Lipinski definition) is 2. The minimum Gasteiger partial charge on any atom is -0.469 e. The van der Waals surface area contributed by atoms with Crippen molar-refractivity contribution in [2.24, 2.45) is 11.7 Å². The van der Waals surface area contributed by atoms with Crippen LogP contribution in [0.5, 0.6) is 0 Å². The van der Waals surface area contributed by atoms with Gasteiger partial charge in [0, 0.05) is 25.4 Å². The molecule has 3 N–H and O–H groups in total. The molecule has 0 aliphatic carbocycles. The molecule has 5 nitrogen and oxygen atoms in total. The number of nitrogens with two attached hydrogens (primary N) is 1. The van der Waals surface area contributed by atoms with Crippen LogP contribution in [0.2, 0.25) is 0 Å². The first kappa shape index (κ1) is 12.9. The van der Waals surface area contributed by atoms with E-state index in [2.05, 4.69) is 10.1 Å². The number of rotatable bonds is 6. The normalized spacial score (nSPS) is 11.9. The van der Waals surface area contributed by atoms with Crippen molar-refractivity contribution in [3.8, 4) is 0 Å². The lowest BCUT2D eigenvalue weighted by Crippen LogP contribution is -2.33. The Kier molecular flexibility index (Phi) is 6.74. The van der Waals surface area contributed by atoms with Crippen molar-refractivity contribution in [3.63, 3.8) is 0 Å². The number of carbonyl (C=O) groups is 2. The van der Waals surface area contributed by atoms with Gasteiger partial charge in [-0.15, -0.1) is 0 Å². The molecule has 82 valence electrons. The van der Waals surface area contributed by atoms with E-state index in [1.165, 1.54) is 7.11 Å². The molecule has 0 aliphatic rings. The topological polar surface area (TPSA) is 81.4 Å². The second kappa shape index (κ2) is 7.32. The largest absolute Gasteiger partial charge is 0.469 e. The van der Waals surface area contributed by atoms with Crippen LogP contribution in [0.3, 0.4) is 0 Å².